The fraction of sp³-hybridized carbons (Fsp3) is 0.583. The minimum absolute atomic E-state index is 0.00619. The summed E-state index contributed by atoms with van der Waals surface area (Å²) < 4.78 is 38.0. The molecule has 1 aliphatic heterocycles. The Balaban J connectivity index is 2.06. The molecule has 1 unspecified atom stereocenters. The van der Waals surface area contributed by atoms with Crippen LogP contribution in [0.25, 0.3) is 0 Å². The number of carbonyl (C=O) groups is 1. The summed E-state index contributed by atoms with van der Waals surface area (Å²) in [5.74, 6) is -0.417. The number of ether oxygens (including phenoxy) is 3. The highest BCUT2D eigenvalue weighted by molar-refractivity contribution is 7.89. The number of sulfone groups is 1. The lowest BCUT2D eigenvalue weighted by atomic mass is 10.4. The van der Waals surface area contributed by atoms with Crippen LogP contribution in [0.1, 0.15) is 5.82 Å². The van der Waals surface area contributed by atoms with Gasteiger partial charge in [-0.25, -0.2) is 18.2 Å². The van der Waals surface area contributed by atoms with Gasteiger partial charge in [0.15, 0.2) is 15.6 Å². The van der Waals surface area contributed by atoms with Gasteiger partial charge < -0.3 is 19.5 Å². The number of carbonyl (C=O) groups excluding carboxylic acids is 1. The molecule has 11 heteroatoms. The maximum Gasteiger partial charge on any atom is 0.416 e. The molecule has 0 spiro atoms. The molecule has 0 radical (unpaired) electrons. The molecule has 23 heavy (non-hydrogen) atoms. The summed E-state index contributed by atoms with van der Waals surface area (Å²) in [7, 11) is -1.96. The second kappa shape index (κ2) is 7.53. The molecule has 2 N–H and O–H groups in total. The van der Waals surface area contributed by atoms with Crippen LogP contribution in [0, 0.1) is 0 Å². The van der Waals surface area contributed by atoms with E-state index in [9.17, 15) is 13.2 Å². The van der Waals surface area contributed by atoms with Crippen LogP contribution in [0.5, 0.6) is 11.6 Å². The zero-order valence-corrected chi connectivity index (χ0v) is 13.6. The lowest BCUT2D eigenvalue weighted by molar-refractivity contribution is 0.0103. The Morgan fingerprint density at radius 1 is 1.57 bits per heavy atom. The average Bonchev–Trinajstić information content (AvgIpc) is 2.47. The second-order valence-electron chi connectivity index (χ2n) is 4.83. The van der Waals surface area contributed by atoms with Crippen LogP contribution in [-0.4, -0.2) is 63.8 Å². The SMILES string of the molecule is COc1cnc(CS(C)(=O)=O)nc1OC(=O)NC1CNCCO1. The van der Waals surface area contributed by atoms with E-state index in [-0.39, 0.29) is 23.2 Å². The van der Waals surface area contributed by atoms with Crippen LogP contribution >= 0.6 is 0 Å². The first-order valence-electron chi connectivity index (χ1n) is 6.75. The van der Waals surface area contributed by atoms with Crippen molar-refractivity contribution in [1.29, 1.82) is 0 Å². The molecule has 1 aliphatic rings. The van der Waals surface area contributed by atoms with Crippen LogP contribution in [0.2, 0.25) is 0 Å². The van der Waals surface area contributed by atoms with Crippen LogP contribution < -0.4 is 20.1 Å². The summed E-state index contributed by atoms with van der Waals surface area (Å²) in [6, 6.07) is 0. The standard InChI is InChI=1S/C12H18N4O6S/c1-20-8-5-14-9(7-23(2,18)19)15-11(8)22-12(17)16-10-6-13-3-4-21-10/h5,10,13H,3-4,6-7H2,1-2H3,(H,16,17). The minimum atomic E-state index is -3.31. The molecule has 1 aromatic heterocycles. The van der Waals surface area contributed by atoms with Crippen LogP contribution in [0.3, 0.4) is 0 Å². The quantitative estimate of drug-likeness (QED) is 0.694. The Morgan fingerprint density at radius 2 is 2.35 bits per heavy atom. The minimum Gasteiger partial charge on any atom is -0.490 e. The van der Waals surface area contributed by atoms with E-state index in [1.54, 1.807) is 0 Å². The Bertz CT molecular complexity index is 660. The van der Waals surface area contributed by atoms with Gasteiger partial charge >= 0.3 is 6.09 Å². The predicted octanol–water partition coefficient (Wildman–Crippen LogP) is -0.936. The van der Waals surface area contributed by atoms with Crippen molar-refractivity contribution in [2.24, 2.45) is 0 Å². The number of hydrogen-bond donors (Lipinski definition) is 2. The van der Waals surface area contributed by atoms with Crippen molar-refractivity contribution in [3.8, 4) is 11.6 Å². The topological polar surface area (TPSA) is 129 Å². The molecule has 2 heterocycles. The Labute approximate surface area is 133 Å². The Morgan fingerprint density at radius 3 is 2.96 bits per heavy atom. The molecule has 10 nitrogen and oxygen atoms in total. The van der Waals surface area contributed by atoms with Gasteiger partial charge in [-0.3, -0.25) is 5.32 Å². The predicted molar refractivity (Wildman–Crippen MR) is 78.9 cm³/mol. The first-order valence-corrected chi connectivity index (χ1v) is 8.82. The molecular formula is C12H18N4O6S. The van der Waals surface area contributed by atoms with Crippen molar-refractivity contribution in [3.63, 3.8) is 0 Å². The highest BCUT2D eigenvalue weighted by Crippen LogP contribution is 2.23. The Kier molecular flexibility index (Phi) is 5.69. The van der Waals surface area contributed by atoms with E-state index in [1.807, 2.05) is 0 Å². The van der Waals surface area contributed by atoms with Gasteiger partial charge in [0.1, 0.15) is 17.8 Å². The number of amides is 1. The normalized spacial score (nSPS) is 18.3. The summed E-state index contributed by atoms with van der Waals surface area (Å²) in [6.07, 6.45) is 0.997. The zero-order chi connectivity index (χ0) is 16.9. The molecule has 0 saturated carbocycles. The van der Waals surface area contributed by atoms with Gasteiger partial charge in [-0.1, -0.05) is 0 Å². The number of rotatable bonds is 5. The van der Waals surface area contributed by atoms with Crippen LogP contribution in [0.15, 0.2) is 6.20 Å². The van der Waals surface area contributed by atoms with Crippen molar-refractivity contribution in [1.82, 2.24) is 20.6 Å². The highest BCUT2D eigenvalue weighted by atomic mass is 32.2. The smallest absolute Gasteiger partial charge is 0.416 e. The lowest BCUT2D eigenvalue weighted by Crippen LogP contribution is -2.49. The molecule has 1 fully saturated rings. The number of aromatic nitrogens is 2. The van der Waals surface area contributed by atoms with Gasteiger partial charge in [0, 0.05) is 19.3 Å². The number of nitrogens with one attached hydrogen (secondary N) is 2. The largest absolute Gasteiger partial charge is 0.490 e. The van der Waals surface area contributed by atoms with E-state index < -0.39 is 22.2 Å². The molecule has 2 rings (SSSR count). The molecule has 0 aromatic carbocycles. The van der Waals surface area contributed by atoms with Gasteiger partial charge in [-0.15, -0.1) is 0 Å². The van der Waals surface area contributed by atoms with Crippen molar-refractivity contribution >= 4 is 15.9 Å². The number of hydrogen-bond acceptors (Lipinski definition) is 9. The summed E-state index contributed by atoms with van der Waals surface area (Å²) in [5, 5.41) is 5.56. The number of nitrogens with zero attached hydrogens (tertiary/aromatic N) is 2. The molecule has 1 saturated heterocycles. The summed E-state index contributed by atoms with van der Waals surface area (Å²) in [6.45, 7) is 1.64. The summed E-state index contributed by atoms with van der Waals surface area (Å²) >= 11 is 0. The third kappa shape index (κ3) is 5.62. The monoisotopic (exact) mass is 346 g/mol. The fourth-order valence-electron chi connectivity index (χ4n) is 1.81. The van der Waals surface area contributed by atoms with E-state index in [0.29, 0.717) is 19.7 Å². The third-order valence-corrected chi connectivity index (χ3v) is 3.56. The molecule has 1 aromatic rings. The fourth-order valence-corrected chi connectivity index (χ4v) is 2.42. The summed E-state index contributed by atoms with van der Waals surface area (Å²) in [4.78, 5) is 19.6. The molecular weight excluding hydrogens is 328 g/mol. The van der Waals surface area contributed by atoms with Gasteiger partial charge in [0.25, 0.3) is 5.88 Å². The van der Waals surface area contributed by atoms with Gasteiger partial charge in [0.05, 0.1) is 19.9 Å². The van der Waals surface area contributed by atoms with Gasteiger partial charge in [0.2, 0.25) is 0 Å². The second-order valence-corrected chi connectivity index (χ2v) is 6.97. The number of morpholine rings is 1. The molecule has 0 aliphatic carbocycles. The zero-order valence-electron chi connectivity index (χ0n) is 12.7. The first-order chi connectivity index (χ1) is 10.9. The maximum atomic E-state index is 11.9. The van der Waals surface area contributed by atoms with E-state index in [1.165, 1.54) is 13.3 Å². The van der Waals surface area contributed by atoms with Crippen LogP contribution in [0.4, 0.5) is 4.79 Å². The molecule has 1 amide bonds. The van der Waals surface area contributed by atoms with Crippen LogP contribution in [-0.2, 0) is 20.3 Å². The molecule has 1 atom stereocenters. The van der Waals surface area contributed by atoms with E-state index in [0.717, 1.165) is 6.26 Å². The lowest BCUT2D eigenvalue weighted by Gasteiger charge is -2.23. The van der Waals surface area contributed by atoms with E-state index in [2.05, 4.69) is 20.6 Å². The van der Waals surface area contributed by atoms with E-state index in [4.69, 9.17) is 14.2 Å². The summed E-state index contributed by atoms with van der Waals surface area (Å²) in [5.41, 5.74) is 0. The Hall–Kier alpha value is -1.98. The van der Waals surface area contributed by atoms with Crippen molar-refractivity contribution in [2.45, 2.75) is 12.0 Å². The molecule has 128 valence electrons. The first kappa shape index (κ1) is 17.4. The highest BCUT2D eigenvalue weighted by Gasteiger charge is 2.20. The molecule has 0 bridgehead atoms. The van der Waals surface area contributed by atoms with Gasteiger partial charge in [-0.2, -0.15) is 4.98 Å². The van der Waals surface area contributed by atoms with E-state index >= 15 is 0 Å². The maximum absolute atomic E-state index is 11.9. The average molecular weight is 346 g/mol. The van der Waals surface area contributed by atoms with Crippen molar-refractivity contribution in [3.05, 3.63) is 12.0 Å². The van der Waals surface area contributed by atoms with Crippen molar-refractivity contribution < 1.29 is 27.4 Å². The number of methoxy groups -OCH3 is 1. The van der Waals surface area contributed by atoms with Gasteiger partial charge in [-0.05, 0) is 0 Å². The van der Waals surface area contributed by atoms with Crippen molar-refractivity contribution in [2.75, 3.05) is 33.1 Å². The third-order valence-electron chi connectivity index (χ3n) is 2.78.